The van der Waals surface area contributed by atoms with Crippen molar-refractivity contribution in [3.8, 4) is 0 Å². The Morgan fingerprint density at radius 2 is 1.57 bits per heavy atom. The van der Waals surface area contributed by atoms with E-state index in [-0.39, 0.29) is 30.5 Å². The molecule has 0 aliphatic heterocycles. The van der Waals surface area contributed by atoms with E-state index in [4.69, 9.17) is 23.2 Å². The van der Waals surface area contributed by atoms with E-state index in [0.717, 1.165) is 21.7 Å². The summed E-state index contributed by atoms with van der Waals surface area (Å²) in [6.07, 6.45) is 1.26. The zero-order chi connectivity index (χ0) is 29.4. The normalized spacial score (nSPS) is 12.2. The minimum atomic E-state index is -3.88. The molecule has 0 unspecified atom stereocenters. The van der Waals surface area contributed by atoms with Gasteiger partial charge in [-0.15, -0.1) is 0 Å². The monoisotopic (exact) mass is 603 g/mol. The zero-order valence-corrected chi connectivity index (χ0v) is 25.4. The molecule has 3 aromatic rings. The second-order valence-electron chi connectivity index (χ2n) is 10.2. The topological polar surface area (TPSA) is 86.8 Å². The average molecular weight is 605 g/mol. The summed E-state index contributed by atoms with van der Waals surface area (Å²) in [5, 5.41) is 3.77. The van der Waals surface area contributed by atoms with Crippen LogP contribution >= 0.6 is 23.2 Å². The van der Waals surface area contributed by atoms with Gasteiger partial charge in [-0.25, -0.2) is 8.42 Å². The van der Waals surface area contributed by atoms with Gasteiger partial charge in [-0.2, -0.15) is 0 Å². The maximum Gasteiger partial charge on any atom is 0.244 e. The number of sulfonamides is 1. The second kappa shape index (κ2) is 14.0. The summed E-state index contributed by atoms with van der Waals surface area (Å²) in [6.45, 7) is 5.68. The van der Waals surface area contributed by atoms with Crippen LogP contribution in [0.15, 0.2) is 72.8 Å². The van der Waals surface area contributed by atoms with Gasteiger partial charge < -0.3 is 10.2 Å². The molecule has 0 fully saturated rings. The molecule has 40 heavy (non-hydrogen) atoms. The smallest absolute Gasteiger partial charge is 0.244 e. The number of benzene rings is 3. The highest BCUT2D eigenvalue weighted by molar-refractivity contribution is 7.92. The summed E-state index contributed by atoms with van der Waals surface area (Å²) in [7, 11) is -3.88. The van der Waals surface area contributed by atoms with E-state index in [1.165, 1.54) is 11.0 Å². The number of hydrogen-bond donors (Lipinski definition) is 1. The summed E-state index contributed by atoms with van der Waals surface area (Å²) in [6, 6.07) is 20.3. The molecule has 1 N–H and O–H groups in total. The van der Waals surface area contributed by atoms with Gasteiger partial charge in [-0.3, -0.25) is 13.9 Å². The van der Waals surface area contributed by atoms with Crippen LogP contribution in [0.4, 0.5) is 5.69 Å². The molecule has 0 aliphatic rings. The highest BCUT2D eigenvalue weighted by atomic mass is 35.5. The zero-order valence-electron chi connectivity index (χ0n) is 23.1. The fraction of sp³-hybridized carbons (Fsp3) is 0.333. The largest absolute Gasteiger partial charge is 0.354 e. The summed E-state index contributed by atoms with van der Waals surface area (Å²) < 4.78 is 26.8. The number of aryl methyl sites for hydroxylation is 1. The van der Waals surface area contributed by atoms with Gasteiger partial charge in [0, 0.05) is 29.6 Å². The molecule has 0 radical (unpaired) electrons. The van der Waals surface area contributed by atoms with Crippen molar-refractivity contribution in [2.24, 2.45) is 5.92 Å². The van der Waals surface area contributed by atoms with Gasteiger partial charge in [0.2, 0.25) is 21.8 Å². The summed E-state index contributed by atoms with van der Waals surface area (Å²) in [5.41, 5.74) is 2.52. The molecule has 0 heterocycles. The van der Waals surface area contributed by atoms with Crippen LogP contribution in [0, 0.1) is 12.8 Å². The second-order valence-corrected chi connectivity index (χ2v) is 12.9. The lowest BCUT2D eigenvalue weighted by Gasteiger charge is -2.34. The molecule has 10 heteroatoms. The van der Waals surface area contributed by atoms with Crippen molar-refractivity contribution in [3.05, 3.63) is 99.5 Å². The molecule has 0 spiro atoms. The van der Waals surface area contributed by atoms with E-state index in [2.05, 4.69) is 5.32 Å². The van der Waals surface area contributed by atoms with Gasteiger partial charge in [0.25, 0.3) is 0 Å². The van der Waals surface area contributed by atoms with Crippen molar-refractivity contribution < 1.29 is 18.0 Å². The van der Waals surface area contributed by atoms with Crippen LogP contribution in [0.3, 0.4) is 0 Å². The van der Waals surface area contributed by atoms with E-state index in [1.807, 2.05) is 44.2 Å². The Labute approximate surface area is 247 Å². The Balaban J connectivity index is 2.07. The Morgan fingerprint density at radius 1 is 0.925 bits per heavy atom. The van der Waals surface area contributed by atoms with Gasteiger partial charge in [0.15, 0.2) is 0 Å². The first-order valence-electron chi connectivity index (χ1n) is 12.9. The average Bonchev–Trinajstić information content (AvgIpc) is 2.90. The number of nitrogens with one attached hydrogen (secondary N) is 1. The van der Waals surface area contributed by atoms with Crippen molar-refractivity contribution in [1.82, 2.24) is 10.2 Å². The van der Waals surface area contributed by atoms with Crippen LogP contribution in [-0.2, 0) is 32.6 Å². The van der Waals surface area contributed by atoms with Gasteiger partial charge in [-0.1, -0.05) is 91.6 Å². The summed E-state index contributed by atoms with van der Waals surface area (Å²) >= 11 is 12.8. The third-order valence-electron chi connectivity index (χ3n) is 6.38. The van der Waals surface area contributed by atoms with Crippen LogP contribution in [0.25, 0.3) is 0 Å². The number of anilines is 1. The van der Waals surface area contributed by atoms with Gasteiger partial charge >= 0.3 is 0 Å². The first kappa shape index (κ1) is 31.5. The highest BCUT2D eigenvalue weighted by Crippen LogP contribution is 2.26. The molecule has 1 atom stereocenters. The predicted molar refractivity (Wildman–Crippen MR) is 162 cm³/mol. The standard InChI is InChI=1S/C30H35Cl2N3O4S/c1-21(2)18-33-30(37)28(16-23-10-6-5-7-11-23)34(19-24-12-8-9-13-26(24)31)29(36)20-35(40(4,38)39)25-15-14-22(3)27(32)17-25/h5-15,17,21,28H,16,18-20H2,1-4H3,(H,33,37)/t28-/m1/s1. The van der Waals surface area contributed by atoms with E-state index >= 15 is 0 Å². The SMILES string of the molecule is Cc1ccc(N(CC(=O)N(Cc2ccccc2Cl)[C@H](Cc2ccccc2)C(=O)NCC(C)C)S(C)(=O)=O)cc1Cl. The van der Waals surface area contributed by atoms with Crippen LogP contribution in [0.1, 0.15) is 30.5 Å². The summed E-state index contributed by atoms with van der Waals surface area (Å²) in [4.78, 5) is 29.1. The molecule has 0 bridgehead atoms. The van der Waals surface area contributed by atoms with Crippen molar-refractivity contribution in [1.29, 1.82) is 0 Å². The molecular formula is C30H35Cl2N3O4S. The number of rotatable bonds is 12. The lowest BCUT2D eigenvalue weighted by molar-refractivity contribution is -0.140. The molecule has 0 saturated heterocycles. The molecule has 0 aromatic heterocycles. The minimum Gasteiger partial charge on any atom is -0.354 e. The van der Waals surface area contributed by atoms with Crippen LogP contribution in [0.5, 0.6) is 0 Å². The Hall–Kier alpha value is -3.07. The third kappa shape index (κ3) is 8.71. The molecule has 2 amide bonds. The number of nitrogens with zero attached hydrogens (tertiary/aromatic N) is 2. The van der Waals surface area contributed by atoms with Crippen molar-refractivity contribution >= 4 is 50.7 Å². The Morgan fingerprint density at radius 3 is 2.17 bits per heavy atom. The predicted octanol–water partition coefficient (Wildman–Crippen LogP) is 5.48. The van der Waals surface area contributed by atoms with E-state index in [1.54, 1.807) is 43.3 Å². The molecule has 0 saturated carbocycles. The maximum atomic E-state index is 14.1. The Kier molecular flexibility index (Phi) is 11.0. The lowest BCUT2D eigenvalue weighted by atomic mass is 10.0. The van der Waals surface area contributed by atoms with Crippen LogP contribution in [-0.4, -0.2) is 50.5 Å². The third-order valence-corrected chi connectivity index (χ3v) is 8.29. The first-order chi connectivity index (χ1) is 18.9. The van der Waals surface area contributed by atoms with Crippen LogP contribution < -0.4 is 9.62 Å². The molecule has 7 nitrogen and oxygen atoms in total. The lowest BCUT2D eigenvalue weighted by Crippen LogP contribution is -2.53. The maximum absolute atomic E-state index is 14.1. The van der Waals surface area contributed by atoms with Gasteiger partial charge in [-0.05, 0) is 47.7 Å². The van der Waals surface area contributed by atoms with Crippen LogP contribution in [0.2, 0.25) is 10.0 Å². The molecule has 3 aromatic carbocycles. The molecule has 3 rings (SSSR count). The summed E-state index contributed by atoms with van der Waals surface area (Å²) in [5.74, 6) is -0.689. The number of halogens is 2. The number of amides is 2. The first-order valence-corrected chi connectivity index (χ1v) is 15.6. The molecule has 0 aliphatic carbocycles. The van der Waals surface area contributed by atoms with Crippen molar-refractivity contribution in [2.75, 3.05) is 23.7 Å². The molecular weight excluding hydrogens is 569 g/mol. The molecule has 214 valence electrons. The van der Waals surface area contributed by atoms with Crippen molar-refractivity contribution in [3.63, 3.8) is 0 Å². The minimum absolute atomic E-state index is 0.0113. The number of hydrogen-bond acceptors (Lipinski definition) is 4. The van der Waals surface area contributed by atoms with Crippen molar-refractivity contribution in [2.45, 2.75) is 39.8 Å². The quantitative estimate of drug-likeness (QED) is 0.297. The van der Waals surface area contributed by atoms with Gasteiger partial charge in [0.1, 0.15) is 12.6 Å². The van der Waals surface area contributed by atoms with Gasteiger partial charge in [0.05, 0.1) is 11.9 Å². The Bertz CT molecular complexity index is 1430. The van der Waals surface area contributed by atoms with E-state index < -0.39 is 28.5 Å². The fourth-order valence-corrected chi connectivity index (χ4v) is 5.35. The fourth-order valence-electron chi connectivity index (χ4n) is 4.14. The highest BCUT2D eigenvalue weighted by Gasteiger charge is 2.33. The number of carbonyl (C=O) groups excluding carboxylic acids is 2. The number of carbonyl (C=O) groups is 2. The van der Waals surface area contributed by atoms with E-state index in [0.29, 0.717) is 22.2 Å². The van der Waals surface area contributed by atoms with E-state index in [9.17, 15) is 18.0 Å².